The van der Waals surface area contributed by atoms with Crippen molar-refractivity contribution in [1.82, 2.24) is 0 Å². The molecule has 3 aromatic rings. The maximum atomic E-state index is 6.40. The van der Waals surface area contributed by atoms with E-state index < -0.39 is 0 Å². The van der Waals surface area contributed by atoms with Crippen molar-refractivity contribution in [2.24, 2.45) is 11.3 Å². The lowest BCUT2D eigenvalue weighted by Gasteiger charge is -2.35. The Kier molecular flexibility index (Phi) is 8.58. The Bertz CT molecular complexity index is 1190. The van der Waals surface area contributed by atoms with Crippen LogP contribution in [0.15, 0.2) is 66.7 Å². The van der Waals surface area contributed by atoms with Crippen molar-refractivity contribution in [3.05, 3.63) is 89.0 Å². The molecule has 0 fully saturated rings. The van der Waals surface area contributed by atoms with E-state index >= 15 is 0 Å². The van der Waals surface area contributed by atoms with E-state index in [-0.39, 0.29) is 15.7 Å². The fourth-order valence-corrected chi connectivity index (χ4v) is 6.78. The molecule has 37 heavy (non-hydrogen) atoms. The monoisotopic (exact) mass is 564 g/mol. The summed E-state index contributed by atoms with van der Waals surface area (Å²) in [5.74, 6) is 3.50. The number of halogens is 1. The van der Waals surface area contributed by atoms with Gasteiger partial charge in [-0.1, -0.05) is 74.0 Å². The molecule has 1 aliphatic carbocycles. The SMILES string of the molecule is COc1cccc(CC2CCc3ccc(OC)cc3C2c2cccc(OCC(C)(C)CC(C)(C)Br)c2)c1. The van der Waals surface area contributed by atoms with Crippen molar-refractivity contribution in [3.8, 4) is 17.2 Å². The maximum absolute atomic E-state index is 6.40. The highest BCUT2D eigenvalue weighted by Crippen LogP contribution is 2.44. The fourth-order valence-electron chi connectivity index (χ4n) is 6.02. The summed E-state index contributed by atoms with van der Waals surface area (Å²) < 4.78 is 17.6. The van der Waals surface area contributed by atoms with Crippen LogP contribution in [0.5, 0.6) is 17.2 Å². The second kappa shape index (κ2) is 11.5. The van der Waals surface area contributed by atoms with Crippen molar-refractivity contribution in [3.63, 3.8) is 0 Å². The molecule has 0 aliphatic heterocycles. The van der Waals surface area contributed by atoms with Crippen LogP contribution in [0.1, 0.15) is 68.7 Å². The zero-order valence-corrected chi connectivity index (χ0v) is 24.7. The third-order valence-electron chi connectivity index (χ3n) is 7.32. The Morgan fingerprint density at radius 1 is 0.838 bits per heavy atom. The van der Waals surface area contributed by atoms with Crippen LogP contribution in [-0.4, -0.2) is 25.2 Å². The first kappa shape index (κ1) is 27.6. The first-order chi connectivity index (χ1) is 17.6. The Balaban J connectivity index is 1.65. The molecule has 0 aromatic heterocycles. The second-order valence-corrected chi connectivity index (χ2v) is 14.0. The predicted molar refractivity (Wildman–Crippen MR) is 157 cm³/mol. The van der Waals surface area contributed by atoms with Crippen molar-refractivity contribution >= 4 is 15.9 Å². The highest BCUT2D eigenvalue weighted by atomic mass is 79.9. The van der Waals surface area contributed by atoms with Crippen LogP contribution < -0.4 is 14.2 Å². The standard InChI is InChI=1S/C33H41BrO3/c1-32(2,21-33(3,4)34)22-37-29-12-8-10-25(19-29)31-26(17-23-9-7-11-27(18-23)35-5)14-13-24-15-16-28(36-6)20-30(24)31/h7-12,15-16,18-20,26,31H,13-14,17,21-22H2,1-6H3. The van der Waals surface area contributed by atoms with Crippen molar-refractivity contribution in [1.29, 1.82) is 0 Å². The predicted octanol–water partition coefficient (Wildman–Crippen LogP) is 8.61. The van der Waals surface area contributed by atoms with Crippen LogP contribution in [0.2, 0.25) is 0 Å². The number of aryl methyl sites for hydroxylation is 1. The van der Waals surface area contributed by atoms with Gasteiger partial charge in [-0.15, -0.1) is 0 Å². The van der Waals surface area contributed by atoms with Gasteiger partial charge in [0.2, 0.25) is 0 Å². The quantitative estimate of drug-likeness (QED) is 0.231. The molecule has 0 N–H and O–H groups in total. The van der Waals surface area contributed by atoms with Gasteiger partial charge in [0.1, 0.15) is 17.2 Å². The lowest BCUT2D eigenvalue weighted by Crippen LogP contribution is -2.29. The molecule has 4 heteroatoms. The second-order valence-electron chi connectivity index (χ2n) is 11.8. The van der Waals surface area contributed by atoms with Gasteiger partial charge in [-0.05, 0) is 90.3 Å². The normalized spacial score (nSPS) is 17.7. The molecule has 4 rings (SSSR count). The molecule has 0 saturated heterocycles. The lowest BCUT2D eigenvalue weighted by molar-refractivity contribution is 0.160. The lowest BCUT2D eigenvalue weighted by atomic mass is 9.70. The minimum atomic E-state index is 0.0582. The van der Waals surface area contributed by atoms with Gasteiger partial charge in [-0.3, -0.25) is 0 Å². The molecular weight excluding hydrogens is 524 g/mol. The van der Waals surface area contributed by atoms with Crippen molar-refractivity contribution < 1.29 is 14.2 Å². The topological polar surface area (TPSA) is 27.7 Å². The zero-order chi connectivity index (χ0) is 26.6. The molecule has 3 nitrogen and oxygen atoms in total. The van der Waals surface area contributed by atoms with E-state index in [2.05, 4.69) is 104 Å². The molecular formula is C33H41BrO3. The number of hydrogen-bond donors (Lipinski definition) is 0. The van der Waals surface area contributed by atoms with E-state index in [1.807, 2.05) is 6.07 Å². The Hall–Kier alpha value is -2.46. The van der Waals surface area contributed by atoms with Crippen LogP contribution in [0.3, 0.4) is 0 Å². The highest BCUT2D eigenvalue weighted by Gasteiger charge is 2.32. The summed E-state index contributed by atoms with van der Waals surface area (Å²) in [7, 11) is 3.48. The number of methoxy groups -OCH3 is 2. The molecule has 0 amide bonds. The molecule has 198 valence electrons. The maximum Gasteiger partial charge on any atom is 0.119 e. The van der Waals surface area contributed by atoms with Gasteiger partial charge in [-0.25, -0.2) is 0 Å². The van der Waals surface area contributed by atoms with Gasteiger partial charge in [0.05, 0.1) is 20.8 Å². The van der Waals surface area contributed by atoms with E-state index in [9.17, 15) is 0 Å². The number of hydrogen-bond acceptors (Lipinski definition) is 3. The van der Waals surface area contributed by atoms with Crippen LogP contribution >= 0.6 is 15.9 Å². The van der Waals surface area contributed by atoms with Crippen molar-refractivity contribution in [2.75, 3.05) is 20.8 Å². The zero-order valence-electron chi connectivity index (χ0n) is 23.1. The van der Waals surface area contributed by atoms with Crippen LogP contribution in [-0.2, 0) is 12.8 Å². The van der Waals surface area contributed by atoms with E-state index in [0.29, 0.717) is 12.5 Å². The molecule has 3 aromatic carbocycles. The van der Waals surface area contributed by atoms with Crippen LogP contribution in [0.4, 0.5) is 0 Å². The average Bonchev–Trinajstić information content (AvgIpc) is 2.86. The summed E-state index contributed by atoms with van der Waals surface area (Å²) >= 11 is 3.80. The molecule has 2 unspecified atom stereocenters. The molecule has 0 spiro atoms. The fraction of sp³-hybridized carbons (Fsp3) is 0.455. The van der Waals surface area contributed by atoms with Gasteiger partial charge in [-0.2, -0.15) is 0 Å². The summed E-state index contributed by atoms with van der Waals surface area (Å²) in [6.07, 6.45) is 4.24. The molecule has 0 heterocycles. The van der Waals surface area contributed by atoms with Gasteiger partial charge in [0.25, 0.3) is 0 Å². The smallest absolute Gasteiger partial charge is 0.119 e. The number of ether oxygens (including phenoxy) is 3. The van der Waals surface area contributed by atoms with E-state index in [4.69, 9.17) is 14.2 Å². The third kappa shape index (κ3) is 7.31. The Morgan fingerprint density at radius 2 is 1.54 bits per heavy atom. The first-order valence-corrected chi connectivity index (χ1v) is 14.1. The summed E-state index contributed by atoms with van der Waals surface area (Å²) in [5, 5.41) is 0. The Morgan fingerprint density at radius 3 is 2.27 bits per heavy atom. The minimum Gasteiger partial charge on any atom is -0.497 e. The van der Waals surface area contributed by atoms with Crippen LogP contribution in [0.25, 0.3) is 0 Å². The number of benzene rings is 3. The number of rotatable bonds is 10. The summed E-state index contributed by atoms with van der Waals surface area (Å²) in [6, 6.07) is 23.8. The van der Waals surface area contributed by atoms with E-state index in [0.717, 1.165) is 42.9 Å². The third-order valence-corrected chi connectivity index (χ3v) is 7.60. The van der Waals surface area contributed by atoms with Crippen molar-refractivity contribution in [2.45, 2.75) is 63.6 Å². The molecule has 1 aliphatic rings. The summed E-state index contributed by atoms with van der Waals surface area (Å²) in [6.45, 7) is 9.65. The number of alkyl halides is 1. The summed E-state index contributed by atoms with van der Waals surface area (Å²) in [4.78, 5) is 0. The molecule has 0 bridgehead atoms. The summed E-state index contributed by atoms with van der Waals surface area (Å²) in [5.41, 5.74) is 5.46. The van der Waals surface area contributed by atoms with E-state index in [1.165, 1.54) is 22.3 Å². The number of fused-ring (bicyclic) bond motifs is 1. The van der Waals surface area contributed by atoms with Crippen LogP contribution in [0, 0.1) is 11.3 Å². The van der Waals surface area contributed by atoms with Gasteiger partial charge >= 0.3 is 0 Å². The van der Waals surface area contributed by atoms with E-state index in [1.54, 1.807) is 14.2 Å². The average molecular weight is 566 g/mol. The molecule has 0 radical (unpaired) electrons. The van der Waals surface area contributed by atoms with Gasteiger partial charge < -0.3 is 14.2 Å². The Labute approximate surface area is 231 Å². The largest absolute Gasteiger partial charge is 0.497 e. The molecule has 2 atom stereocenters. The van der Waals surface area contributed by atoms with Gasteiger partial charge in [0, 0.05) is 15.7 Å². The highest BCUT2D eigenvalue weighted by molar-refractivity contribution is 9.10. The molecule has 0 saturated carbocycles. The minimum absolute atomic E-state index is 0.0582. The first-order valence-electron chi connectivity index (χ1n) is 13.3. The van der Waals surface area contributed by atoms with Gasteiger partial charge in [0.15, 0.2) is 0 Å².